The van der Waals surface area contributed by atoms with Crippen LogP contribution in [-0.2, 0) is 6.42 Å². The largest absolute Gasteiger partial charge is 0.377 e. The minimum absolute atomic E-state index is 0.408. The molecule has 0 radical (unpaired) electrons. The molecule has 1 N–H and O–H groups in total. The third-order valence-electron chi connectivity index (χ3n) is 3.67. The molecular weight excluding hydrogens is 366 g/mol. The normalized spacial score (nSPS) is 17.3. The van der Waals surface area contributed by atoms with Gasteiger partial charge in [0, 0.05) is 14.6 Å². The van der Waals surface area contributed by atoms with E-state index in [1.807, 2.05) is 0 Å². The van der Waals surface area contributed by atoms with Crippen LogP contribution in [0.2, 0.25) is 0 Å². The van der Waals surface area contributed by atoms with Crippen LogP contribution < -0.4 is 5.32 Å². The molecule has 0 amide bonds. The molecule has 1 nitrogen and oxygen atoms in total. The average molecular weight is 381 g/mol. The standard InChI is InChI=1S/C16H15Br2N/c1-10-5-7-14(18)16(9-10)19-15-8-6-11-12(15)3-2-4-13(11)17/h2-5,7,9,15,19H,6,8H2,1H3. The predicted octanol–water partition coefficient (Wildman–Crippen LogP) is 5.62. The number of aryl methyl sites for hydroxylation is 1. The quantitative estimate of drug-likeness (QED) is 0.712. The lowest BCUT2D eigenvalue weighted by Gasteiger charge is -2.17. The molecule has 19 heavy (non-hydrogen) atoms. The van der Waals surface area contributed by atoms with Crippen molar-refractivity contribution in [3.05, 3.63) is 62.0 Å². The highest BCUT2D eigenvalue weighted by Crippen LogP contribution is 2.38. The molecule has 0 fully saturated rings. The Labute approximate surface area is 130 Å². The van der Waals surface area contributed by atoms with Crippen LogP contribution in [0.25, 0.3) is 0 Å². The molecular formula is C16H15Br2N. The van der Waals surface area contributed by atoms with Crippen molar-refractivity contribution in [3.63, 3.8) is 0 Å². The van der Waals surface area contributed by atoms with Crippen LogP contribution in [0.5, 0.6) is 0 Å². The number of benzene rings is 2. The lowest BCUT2D eigenvalue weighted by Crippen LogP contribution is -2.07. The molecule has 3 heteroatoms. The third-order valence-corrected chi connectivity index (χ3v) is 5.10. The van der Waals surface area contributed by atoms with Crippen molar-refractivity contribution in [1.82, 2.24) is 0 Å². The number of hydrogen-bond acceptors (Lipinski definition) is 1. The van der Waals surface area contributed by atoms with Gasteiger partial charge in [0.2, 0.25) is 0 Å². The van der Waals surface area contributed by atoms with E-state index < -0.39 is 0 Å². The van der Waals surface area contributed by atoms with E-state index in [-0.39, 0.29) is 0 Å². The summed E-state index contributed by atoms with van der Waals surface area (Å²) in [4.78, 5) is 0. The van der Waals surface area contributed by atoms with Crippen LogP contribution in [0.15, 0.2) is 45.3 Å². The summed E-state index contributed by atoms with van der Waals surface area (Å²) in [5.41, 5.74) is 5.32. The number of fused-ring (bicyclic) bond motifs is 1. The van der Waals surface area contributed by atoms with Gasteiger partial charge in [0.1, 0.15) is 0 Å². The van der Waals surface area contributed by atoms with E-state index in [4.69, 9.17) is 0 Å². The molecule has 1 aliphatic rings. The Kier molecular flexibility index (Phi) is 3.68. The highest BCUT2D eigenvalue weighted by Gasteiger charge is 2.24. The molecule has 0 heterocycles. The van der Waals surface area contributed by atoms with Gasteiger partial charge in [0.05, 0.1) is 6.04 Å². The molecule has 0 aliphatic heterocycles. The Bertz CT molecular complexity index is 622. The zero-order valence-electron chi connectivity index (χ0n) is 10.7. The number of hydrogen-bond donors (Lipinski definition) is 1. The van der Waals surface area contributed by atoms with Gasteiger partial charge in [-0.05, 0) is 70.6 Å². The number of nitrogens with one attached hydrogen (secondary N) is 1. The Morgan fingerprint density at radius 2 is 1.95 bits per heavy atom. The Morgan fingerprint density at radius 3 is 2.79 bits per heavy atom. The molecule has 1 atom stereocenters. The molecule has 0 bridgehead atoms. The van der Waals surface area contributed by atoms with Gasteiger partial charge < -0.3 is 5.32 Å². The molecule has 2 aromatic rings. The van der Waals surface area contributed by atoms with E-state index in [0.29, 0.717) is 6.04 Å². The summed E-state index contributed by atoms with van der Waals surface area (Å²) >= 11 is 7.27. The maximum Gasteiger partial charge on any atom is 0.0520 e. The first-order valence-corrected chi connectivity index (χ1v) is 8.04. The van der Waals surface area contributed by atoms with Crippen molar-refractivity contribution in [3.8, 4) is 0 Å². The highest BCUT2D eigenvalue weighted by atomic mass is 79.9. The second kappa shape index (κ2) is 5.29. The van der Waals surface area contributed by atoms with E-state index in [1.54, 1.807) is 0 Å². The summed E-state index contributed by atoms with van der Waals surface area (Å²) in [7, 11) is 0. The lowest BCUT2D eigenvalue weighted by atomic mass is 10.1. The summed E-state index contributed by atoms with van der Waals surface area (Å²) in [6, 6.07) is 13.3. The summed E-state index contributed by atoms with van der Waals surface area (Å²) in [6.45, 7) is 2.12. The van der Waals surface area contributed by atoms with Gasteiger partial charge in [-0.1, -0.05) is 34.1 Å². The number of anilines is 1. The monoisotopic (exact) mass is 379 g/mol. The van der Waals surface area contributed by atoms with Crippen molar-refractivity contribution >= 4 is 37.5 Å². The fourth-order valence-electron chi connectivity index (χ4n) is 2.70. The first-order valence-electron chi connectivity index (χ1n) is 6.45. The Balaban J connectivity index is 1.91. The van der Waals surface area contributed by atoms with E-state index >= 15 is 0 Å². The summed E-state index contributed by atoms with van der Waals surface area (Å²) in [6.07, 6.45) is 2.29. The fourth-order valence-corrected chi connectivity index (χ4v) is 3.64. The van der Waals surface area contributed by atoms with Gasteiger partial charge in [-0.25, -0.2) is 0 Å². The first-order chi connectivity index (χ1) is 9.15. The van der Waals surface area contributed by atoms with Crippen molar-refractivity contribution in [1.29, 1.82) is 0 Å². The van der Waals surface area contributed by atoms with Crippen molar-refractivity contribution in [2.45, 2.75) is 25.8 Å². The first kappa shape index (κ1) is 13.2. The zero-order valence-corrected chi connectivity index (χ0v) is 13.9. The predicted molar refractivity (Wildman–Crippen MR) is 87.7 cm³/mol. The minimum atomic E-state index is 0.408. The molecule has 0 spiro atoms. The maximum absolute atomic E-state index is 3.67. The second-order valence-electron chi connectivity index (χ2n) is 5.03. The lowest BCUT2D eigenvalue weighted by molar-refractivity contribution is 0.761. The second-order valence-corrected chi connectivity index (χ2v) is 6.74. The van der Waals surface area contributed by atoms with Crippen molar-refractivity contribution in [2.24, 2.45) is 0 Å². The van der Waals surface area contributed by atoms with Gasteiger partial charge >= 0.3 is 0 Å². The van der Waals surface area contributed by atoms with Crippen molar-refractivity contribution < 1.29 is 0 Å². The van der Waals surface area contributed by atoms with E-state index in [0.717, 1.165) is 17.3 Å². The molecule has 1 unspecified atom stereocenters. The number of rotatable bonds is 2. The van der Waals surface area contributed by atoms with E-state index in [2.05, 4.69) is 80.5 Å². The maximum atomic E-state index is 3.67. The average Bonchev–Trinajstić information content (AvgIpc) is 2.79. The van der Waals surface area contributed by atoms with E-state index in [1.165, 1.54) is 26.9 Å². The topological polar surface area (TPSA) is 12.0 Å². The van der Waals surface area contributed by atoms with Crippen LogP contribution >= 0.6 is 31.9 Å². The van der Waals surface area contributed by atoms with Gasteiger partial charge in [0.25, 0.3) is 0 Å². The molecule has 3 rings (SSSR count). The summed E-state index contributed by atoms with van der Waals surface area (Å²) in [5, 5.41) is 3.67. The number of halogens is 2. The minimum Gasteiger partial charge on any atom is -0.377 e. The zero-order chi connectivity index (χ0) is 13.4. The summed E-state index contributed by atoms with van der Waals surface area (Å²) < 4.78 is 2.36. The molecule has 0 saturated carbocycles. The van der Waals surface area contributed by atoms with Crippen LogP contribution in [0.4, 0.5) is 5.69 Å². The smallest absolute Gasteiger partial charge is 0.0520 e. The van der Waals surface area contributed by atoms with Gasteiger partial charge in [-0.15, -0.1) is 0 Å². The van der Waals surface area contributed by atoms with Gasteiger partial charge in [-0.2, -0.15) is 0 Å². The van der Waals surface area contributed by atoms with Crippen LogP contribution in [0, 0.1) is 6.92 Å². The molecule has 0 aromatic heterocycles. The van der Waals surface area contributed by atoms with Crippen LogP contribution in [0.3, 0.4) is 0 Å². The fraction of sp³-hybridized carbons (Fsp3) is 0.250. The highest BCUT2D eigenvalue weighted by molar-refractivity contribution is 9.10. The van der Waals surface area contributed by atoms with Crippen LogP contribution in [-0.4, -0.2) is 0 Å². The molecule has 2 aromatic carbocycles. The van der Waals surface area contributed by atoms with E-state index in [9.17, 15) is 0 Å². The Hall–Kier alpha value is -0.800. The SMILES string of the molecule is Cc1ccc(Br)c(NC2CCc3c(Br)cccc32)c1. The van der Waals surface area contributed by atoms with Gasteiger partial charge in [0.15, 0.2) is 0 Å². The molecule has 0 saturated heterocycles. The van der Waals surface area contributed by atoms with Crippen molar-refractivity contribution in [2.75, 3.05) is 5.32 Å². The molecule has 98 valence electrons. The molecule has 1 aliphatic carbocycles. The summed E-state index contributed by atoms with van der Waals surface area (Å²) in [5.74, 6) is 0. The van der Waals surface area contributed by atoms with Crippen LogP contribution in [0.1, 0.15) is 29.2 Å². The Morgan fingerprint density at radius 1 is 1.11 bits per heavy atom. The third kappa shape index (κ3) is 2.59. The van der Waals surface area contributed by atoms with Gasteiger partial charge in [-0.3, -0.25) is 0 Å².